The van der Waals surface area contributed by atoms with Crippen molar-refractivity contribution in [2.24, 2.45) is 11.8 Å². The molecule has 0 aliphatic heterocycles. The number of hydrogen-bond donors (Lipinski definition) is 3. The molecule has 3 rings (SSSR count). The standard InChI is InChI=1S/C22H33N5O3S2/c1-15(2)12-19(13-28)23-20-24-21(27-32(29,30)14-17-8-7-9-17)26-22(25-20)31-16(3)18-10-5-4-6-11-18/h4-6,10-11,15-17,19,28H,7-9,12-14H2,1-3H3,(H2,23,24,25,26,27)/t16?,19-/m1/s1. The topological polar surface area (TPSA) is 117 Å². The molecule has 0 radical (unpaired) electrons. The Morgan fingerprint density at radius 3 is 2.38 bits per heavy atom. The van der Waals surface area contributed by atoms with Gasteiger partial charge in [-0.05, 0) is 43.6 Å². The van der Waals surface area contributed by atoms with Gasteiger partial charge in [0.2, 0.25) is 21.9 Å². The fourth-order valence-corrected chi connectivity index (χ4v) is 5.85. The monoisotopic (exact) mass is 479 g/mol. The third-order valence-electron chi connectivity index (χ3n) is 5.40. The number of aliphatic hydroxyl groups is 1. The molecule has 2 aromatic rings. The number of nitrogens with zero attached hydrogens (tertiary/aromatic N) is 3. The minimum atomic E-state index is -3.55. The van der Waals surface area contributed by atoms with E-state index >= 15 is 0 Å². The molecule has 2 atom stereocenters. The van der Waals surface area contributed by atoms with Crippen LogP contribution in [0.4, 0.5) is 11.9 Å². The molecule has 176 valence electrons. The van der Waals surface area contributed by atoms with Crippen molar-refractivity contribution >= 4 is 33.7 Å². The molecule has 1 aliphatic rings. The lowest BCUT2D eigenvalue weighted by Crippen LogP contribution is -2.29. The van der Waals surface area contributed by atoms with E-state index in [0.717, 1.165) is 31.2 Å². The van der Waals surface area contributed by atoms with Crippen LogP contribution in [0.5, 0.6) is 0 Å². The van der Waals surface area contributed by atoms with Gasteiger partial charge in [0.15, 0.2) is 5.16 Å². The van der Waals surface area contributed by atoms with Crippen molar-refractivity contribution < 1.29 is 13.5 Å². The minimum absolute atomic E-state index is 0.00539. The van der Waals surface area contributed by atoms with Crippen molar-refractivity contribution in [3.05, 3.63) is 35.9 Å². The van der Waals surface area contributed by atoms with Gasteiger partial charge in [-0.3, -0.25) is 4.72 Å². The average Bonchev–Trinajstić information content (AvgIpc) is 2.70. The number of benzene rings is 1. The molecule has 3 N–H and O–H groups in total. The molecule has 32 heavy (non-hydrogen) atoms. The number of aromatic nitrogens is 3. The third-order valence-corrected chi connectivity index (χ3v) is 7.83. The molecule has 1 aliphatic carbocycles. The van der Waals surface area contributed by atoms with Crippen molar-refractivity contribution in [2.45, 2.75) is 62.9 Å². The molecule has 0 spiro atoms. The molecule has 0 bridgehead atoms. The first kappa shape index (κ1) is 24.7. The maximum atomic E-state index is 12.6. The Morgan fingerprint density at radius 2 is 1.78 bits per heavy atom. The van der Waals surface area contributed by atoms with E-state index in [1.54, 1.807) is 0 Å². The van der Waals surface area contributed by atoms with Crippen LogP contribution in [0, 0.1) is 11.8 Å². The van der Waals surface area contributed by atoms with E-state index in [0.29, 0.717) is 11.1 Å². The van der Waals surface area contributed by atoms with Gasteiger partial charge in [-0.1, -0.05) is 62.4 Å². The molecule has 8 nitrogen and oxygen atoms in total. The summed E-state index contributed by atoms with van der Waals surface area (Å²) in [5.74, 6) is 0.906. The van der Waals surface area contributed by atoms with Gasteiger partial charge in [0, 0.05) is 5.25 Å². The first-order chi connectivity index (χ1) is 15.2. The van der Waals surface area contributed by atoms with Crippen LogP contribution in [0.2, 0.25) is 0 Å². The molecule has 0 amide bonds. The van der Waals surface area contributed by atoms with Crippen molar-refractivity contribution in [3.63, 3.8) is 0 Å². The summed E-state index contributed by atoms with van der Waals surface area (Å²) < 4.78 is 27.8. The number of anilines is 2. The number of hydrogen-bond acceptors (Lipinski definition) is 8. The summed E-state index contributed by atoms with van der Waals surface area (Å²) >= 11 is 1.43. The zero-order chi connectivity index (χ0) is 23.1. The Hall–Kier alpha value is -1.91. The van der Waals surface area contributed by atoms with E-state index in [4.69, 9.17) is 0 Å². The Balaban J connectivity index is 1.82. The summed E-state index contributed by atoms with van der Waals surface area (Å²) in [6.45, 7) is 6.11. The van der Waals surface area contributed by atoms with E-state index in [9.17, 15) is 13.5 Å². The van der Waals surface area contributed by atoms with Gasteiger partial charge >= 0.3 is 0 Å². The highest BCUT2D eigenvalue weighted by Crippen LogP contribution is 2.33. The molecule has 0 saturated heterocycles. The average molecular weight is 480 g/mol. The van der Waals surface area contributed by atoms with Gasteiger partial charge in [0.05, 0.1) is 18.4 Å². The Kier molecular flexibility index (Phi) is 8.72. The molecular weight excluding hydrogens is 446 g/mol. The Morgan fingerprint density at radius 1 is 1.09 bits per heavy atom. The summed E-state index contributed by atoms with van der Waals surface area (Å²) in [6.07, 6.45) is 3.69. The van der Waals surface area contributed by atoms with Gasteiger partial charge in [-0.2, -0.15) is 15.0 Å². The van der Waals surface area contributed by atoms with E-state index in [1.807, 2.05) is 37.3 Å². The Labute approximate surface area is 195 Å². The normalized spacial score (nSPS) is 16.4. The van der Waals surface area contributed by atoms with E-state index in [2.05, 4.69) is 38.8 Å². The van der Waals surface area contributed by atoms with Crippen LogP contribution in [-0.4, -0.2) is 46.9 Å². The van der Waals surface area contributed by atoms with Crippen molar-refractivity contribution in [2.75, 3.05) is 22.4 Å². The zero-order valence-electron chi connectivity index (χ0n) is 18.9. The highest BCUT2D eigenvalue weighted by atomic mass is 32.2. The molecule has 1 fully saturated rings. The van der Waals surface area contributed by atoms with Crippen molar-refractivity contribution in [3.8, 4) is 0 Å². The molecular formula is C22H33N5O3S2. The van der Waals surface area contributed by atoms with E-state index in [-0.39, 0.29) is 41.5 Å². The highest BCUT2D eigenvalue weighted by Gasteiger charge is 2.26. The maximum absolute atomic E-state index is 12.6. The van der Waals surface area contributed by atoms with Crippen LogP contribution in [0.15, 0.2) is 35.5 Å². The summed E-state index contributed by atoms with van der Waals surface area (Å²) in [7, 11) is -3.55. The van der Waals surface area contributed by atoms with Gasteiger partial charge < -0.3 is 10.4 Å². The van der Waals surface area contributed by atoms with Gasteiger partial charge in [-0.15, -0.1) is 0 Å². The van der Waals surface area contributed by atoms with E-state index < -0.39 is 10.0 Å². The van der Waals surface area contributed by atoms with Crippen LogP contribution in [0.1, 0.15) is 57.3 Å². The van der Waals surface area contributed by atoms with Gasteiger partial charge in [0.25, 0.3) is 0 Å². The number of nitrogens with one attached hydrogen (secondary N) is 2. The summed E-state index contributed by atoms with van der Waals surface area (Å²) in [4.78, 5) is 13.2. The quantitative estimate of drug-likeness (QED) is 0.390. The predicted molar refractivity (Wildman–Crippen MR) is 129 cm³/mol. The summed E-state index contributed by atoms with van der Waals surface area (Å²) in [5, 5.41) is 13.4. The largest absolute Gasteiger partial charge is 0.394 e. The lowest BCUT2D eigenvalue weighted by molar-refractivity contribution is 0.259. The number of sulfonamides is 1. The molecule has 1 unspecified atom stereocenters. The molecule has 1 heterocycles. The van der Waals surface area contributed by atoms with Crippen LogP contribution in [-0.2, 0) is 10.0 Å². The number of rotatable bonds is 12. The third kappa shape index (κ3) is 7.60. The minimum Gasteiger partial charge on any atom is -0.394 e. The first-order valence-electron chi connectivity index (χ1n) is 11.1. The molecule has 1 aromatic heterocycles. The van der Waals surface area contributed by atoms with E-state index in [1.165, 1.54) is 11.8 Å². The Bertz CT molecular complexity index is 969. The van der Waals surface area contributed by atoms with Crippen molar-refractivity contribution in [1.82, 2.24) is 15.0 Å². The number of aliphatic hydroxyl groups excluding tert-OH is 1. The fourth-order valence-electron chi connectivity index (χ4n) is 3.55. The second-order valence-electron chi connectivity index (χ2n) is 8.77. The van der Waals surface area contributed by atoms with Crippen molar-refractivity contribution in [1.29, 1.82) is 0 Å². The maximum Gasteiger partial charge on any atom is 0.242 e. The molecule has 1 saturated carbocycles. The lowest BCUT2D eigenvalue weighted by atomic mass is 9.87. The summed E-state index contributed by atoms with van der Waals surface area (Å²) in [6, 6.07) is 9.75. The van der Waals surface area contributed by atoms with Crippen LogP contribution >= 0.6 is 11.8 Å². The smallest absolute Gasteiger partial charge is 0.242 e. The SMILES string of the molecule is CC(C)C[C@H](CO)Nc1nc(NS(=O)(=O)CC2CCC2)nc(SC(C)c2ccccc2)n1. The summed E-state index contributed by atoms with van der Waals surface area (Å²) in [5.41, 5.74) is 1.12. The number of thioether (sulfide) groups is 1. The predicted octanol–water partition coefficient (Wildman–Crippen LogP) is 4.09. The van der Waals surface area contributed by atoms with Crippen LogP contribution in [0.25, 0.3) is 0 Å². The van der Waals surface area contributed by atoms with Crippen LogP contribution in [0.3, 0.4) is 0 Å². The highest BCUT2D eigenvalue weighted by molar-refractivity contribution is 7.99. The zero-order valence-corrected chi connectivity index (χ0v) is 20.5. The molecule has 10 heteroatoms. The van der Waals surface area contributed by atoms with Gasteiger partial charge in [0.1, 0.15) is 0 Å². The first-order valence-corrected chi connectivity index (χ1v) is 13.6. The second-order valence-corrected chi connectivity index (χ2v) is 11.8. The fraction of sp³-hybridized carbons (Fsp3) is 0.591. The van der Waals surface area contributed by atoms with Gasteiger partial charge in [-0.25, -0.2) is 8.42 Å². The molecule has 1 aromatic carbocycles. The lowest BCUT2D eigenvalue weighted by Gasteiger charge is -2.24. The van der Waals surface area contributed by atoms with Crippen LogP contribution < -0.4 is 10.0 Å². The second kappa shape index (κ2) is 11.3.